The smallest absolute Gasteiger partial charge is 0.338 e. The summed E-state index contributed by atoms with van der Waals surface area (Å²) in [7, 11) is 1.65. The fourth-order valence-electron chi connectivity index (χ4n) is 3.70. The summed E-state index contributed by atoms with van der Waals surface area (Å²) in [6.07, 6.45) is 4.37. The predicted molar refractivity (Wildman–Crippen MR) is 112 cm³/mol. The van der Waals surface area contributed by atoms with Gasteiger partial charge in [-0.25, -0.2) is 4.79 Å². The number of carbonyl (C=O) groups is 2. The summed E-state index contributed by atoms with van der Waals surface area (Å²) in [6, 6.07) is 0. The molecular weight excluding hydrogens is 384 g/mol. The van der Waals surface area contributed by atoms with E-state index in [9.17, 15) is 19.5 Å². The van der Waals surface area contributed by atoms with E-state index in [4.69, 9.17) is 4.74 Å². The third-order valence-corrected chi connectivity index (χ3v) is 5.55. The number of rotatable bonds is 6. The topological polar surface area (TPSA) is 97.6 Å². The number of hydrogen-bond acceptors (Lipinski definition) is 5. The fourth-order valence-corrected chi connectivity index (χ4v) is 3.70. The number of nitrogens with one attached hydrogen (secondary N) is 1. The van der Waals surface area contributed by atoms with Crippen LogP contribution in [0.15, 0.2) is 16.6 Å². The molecule has 1 heterocycles. The molecule has 0 aromatic carbocycles. The molecule has 1 fully saturated rings. The molecule has 160 valence electrons. The molecule has 1 atom stereocenters. The molecule has 3 rings (SSSR count). The second kappa shape index (κ2) is 8.49. The Labute approximate surface area is 176 Å². The van der Waals surface area contributed by atoms with Gasteiger partial charge >= 0.3 is 5.97 Å². The van der Waals surface area contributed by atoms with E-state index in [2.05, 4.69) is 17.2 Å². The first-order valence-corrected chi connectivity index (χ1v) is 10.2. The van der Waals surface area contributed by atoms with E-state index < -0.39 is 11.6 Å². The molecule has 7 heteroatoms. The van der Waals surface area contributed by atoms with Gasteiger partial charge in [0.2, 0.25) is 5.91 Å². The van der Waals surface area contributed by atoms with Gasteiger partial charge in [0.25, 0.3) is 5.56 Å². The van der Waals surface area contributed by atoms with Crippen molar-refractivity contribution < 1.29 is 19.4 Å². The maximum absolute atomic E-state index is 12.8. The Hall–Kier alpha value is -2.85. The van der Waals surface area contributed by atoms with Crippen molar-refractivity contribution in [3.8, 4) is 11.8 Å². The van der Waals surface area contributed by atoms with Crippen LogP contribution in [-0.2, 0) is 27.8 Å². The minimum absolute atomic E-state index is 0.134. The molecule has 0 bridgehead atoms. The molecule has 0 saturated heterocycles. The van der Waals surface area contributed by atoms with E-state index in [-0.39, 0.29) is 24.0 Å². The quantitative estimate of drug-likeness (QED) is 0.417. The predicted octanol–water partition coefficient (Wildman–Crippen LogP) is 1.30. The number of ether oxygens (including phenoxy) is 1. The summed E-state index contributed by atoms with van der Waals surface area (Å²) in [4.78, 5) is 36.4. The molecule has 2 aliphatic carbocycles. The number of pyridine rings is 1. The Morgan fingerprint density at radius 1 is 1.40 bits per heavy atom. The highest BCUT2D eigenvalue weighted by Gasteiger charge is 2.39. The van der Waals surface area contributed by atoms with Crippen LogP contribution in [0.5, 0.6) is 0 Å². The third-order valence-electron chi connectivity index (χ3n) is 5.55. The molecule has 1 amide bonds. The van der Waals surface area contributed by atoms with E-state index in [1.165, 1.54) is 11.5 Å². The molecule has 30 heavy (non-hydrogen) atoms. The average Bonchev–Trinajstić information content (AvgIpc) is 3.46. The van der Waals surface area contributed by atoms with Gasteiger partial charge < -0.3 is 19.7 Å². The zero-order chi connectivity index (χ0) is 22.1. The maximum Gasteiger partial charge on any atom is 0.338 e. The zero-order valence-corrected chi connectivity index (χ0v) is 17.9. The van der Waals surface area contributed by atoms with Gasteiger partial charge in [-0.2, -0.15) is 0 Å². The summed E-state index contributed by atoms with van der Waals surface area (Å²) in [5, 5.41) is 13.2. The number of nitrogens with zero attached hydrogens (tertiary/aromatic N) is 1. The van der Waals surface area contributed by atoms with Crippen LogP contribution in [0.3, 0.4) is 0 Å². The number of esters is 1. The lowest BCUT2D eigenvalue weighted by Crippen LogP contribution is -2.25. The summed E-state index contributed by atoms with van der Waals surface area (Å²) in [5.41, 5.74) is 1.45. The molecule has 1 aromatic heterocycles. The van der Waals surface area contributed by atoms with E-state index in [1.54, 1.807) is 20.2 Å². The molecule has 0 aliphatic heterocycles. The maximum atomic E-state index is 12.8. The van der Waals surface area contributed by atoms with E-state index >= 15 is 0 Å². The Bertz CT molecular complexity index is 1030. The normalized spacial score (nSPS) is 17.0. The van der Waals surface area contributed by atoms with Gasteiger partial charge in [-0.1, -0.05) is 17.4 Å². The summed E-state index contributed by atoms with van der Waals surface area (Å²) < 4.78 is 6.86. The fraction of sp³-hybridized carbons (Fsp3) is 0.522. The number of carbonyl (C=O) groups excluding carboxylic acids is 2. The summed E-state index contributed by atoms with van der Waals surface area (Å²) >= 11 is 0. The van der Waals surface area contributed by atoms with Crippen LogP contribution < -0.4 is 10.9 Å². The van der Waals surface area contributed by atoms with Crippen molar-refractivity contribution in [3.63, 3.8) is 0 Å². The van der Waals surface area contributed by atoms with E-state index in [0.717, 1.165) is 18.4 Å². The molecular formula is C23H28N2O5. The van der Waals surface area contributed by atoms with E-state index in [1.807, 2.05) is 6.92 Å². The van der Waals surface area contributed by atoms with Crippen LogP contribution in [0.4, 0.5) is 0 Å². The van der Waals surface area contributed by atoms with Crippen molar-refractivity contribution in [2.75, 3.05) is 13.2 Å². The van der Waals surface area contributed by atoms with Gasteiger partial charge in [0.1, 0.15) is 5.60 Å². The van der Waals surface area contributed by atoms with Gasteiger partial charge in [0.15, 0.2) is 0 Å². The van der Waals surface area contributed by atoms with Gasteiger partial charge in [0, 0.05) is 49.8 Å². The molecule has 1 saturated carbocycles. The first-order valence-electron chi connectivity index (χ1n) is 10.2. The lowest BCUT2D eigenvalue weighted by atomic mass is 9.98. The minimum atomic E-state index is -1.09. The second-order valence-corrected chi connectivity index (χ2v) is 8.29. The van der Waals surface area contributed by atoms with Crippen molar-refractivity contribution in [3.05, 3.63) is 38.8 Å². The zero-order valence-electron chi connectivity index (χ0n) is 17.9. The van der Waals surface area contributed by atoms with Crippen LogP contribution in [0.2, 0.25) is 0 Å². The Morgan fingerprint density at radius 3 is 2.73 bits per heavy atom. The van der Waals surface area contributed by atoms with Gasteiger partial charge in [-0.3, -0.25) is 9.59 Å². The first-order chi connectivity index (χ1) is 14.1. The van der Waals surface area contributed by atoms with Crippen molar-refractivity contribution in [2.45, 2.75) is 52.1 Å². The van der Waals surface area contributed by atoms with Crippen LogP contribution in [0.1, 0.15) is 56.7 Å². The van der Waals surface area contributed by atoms with Gasteiger partial charge in [-0.15, -0.1) is 0 Å². The largest absolute Gasteiger partial charge is 0.462 e. The lowest BCUT2D eigenvalue weighted by molar-refractivity contribution is -0.136. The van der Waals surface area contributed by atoms with Crippen molar-refractivity contribution in [1.82, 2.24) is 9.88 Å². The van der Waals surface area contributed by atoms with Gasteiger partial charge in [-0.05, 0) is 39.0 Å². The van der Waals surface area contributed by atoms with E-state index in [0.29, 0.717) is 41.6 Å². The molecule has 0 radical (unpaired) electrons. The van der Waals surface area contributed by atoms with Gasteiger partial charge in [0.05, 0.1) is 12.2 Å². The van der Waals surface area contributed by atoms with Crippen LogP contribution in [0, 0.1) is 17.8 Å². The van der Waals surface area contributed by atoms with Crippen molar-refractivity contribution in [1.29, 1.82) is 0 Å². The number of aliphatic hydroxyl groups is 1. The number of aromatic nitrogens is 1. The summed E-state index contributed by atoms with van der Waals surface area (Å²) in [6.45, 7) is 5.52. The Morgan fingerprint density at radius 2 is 2.10 bits per heavy atom. The van der Waals surface area contributed by atoms with Crippen LogP contribution in [-0.4, -0.2) is 40.3 Å². The highest BCUT2D eigenvalue weighted by atomic mass is 16.5. The first kappa shape index (κ1) is 21.8. The van der Waals surface area contributed by atoms with Crippen LogP contribution in [0.25, 0.3) is 5.57 Å². The number of fused-ring (bicyclic) bond motifs is 1. The average molecular weight is 412 g/mol. The highest BCUT2D eigenvalue weighted by molar-refractivity contribution is 6.19. The number of allylic oxidation sites excluding steroid dienone is 1. The Balaban J connectivity index is 1.87. The van der Waals surface area contributed by atoms with Crippen molar-refractivity contribution >= 4 is 17.4 Å². The number of hydrogen-bond donors (Lipinski definition) is 2. The Kier molecular flexibility index (Phi) is 6.18. The summed E-state index contributed by atoms with van der Waals surface area (Å²) in [5.74, 6) is 5.48. The lowest BCUT2D eigenvalue weighted by Gasteiger charge is -2.15. The molecule has 2 aliphatic rings. The number of aryl methyl sites for hydroxylation is 1. The van der Waals surface area contributed by atoms with Crippen molar-refractivity contribution in [2.24, 2.45) is 13.0 Å². The third kappa shape index (κ3) is 4.65. The SMILES string of the molecule is CC(=O)NCCCOC(=O)C1=C(C)Cc2c1c(C#CC(C)(O)C1CC1)cn(C)c2=O. The molecule has 7 nitrogen and oxygen atoms in total. The minimum Gasteiger partial charge on any atom is -0.462 e. The molecule has 0 spiro atoms. The highest BCUT2D eigenvalue weighted by Crippen LogP contribution is 2.39. The second-order valence-electron chi connectivity index (χ2n) is 8.29. The monoisotopic (exact) mass is 412 g/mol. The number of amides is 1. The van der Waals surface area contributed by atoms with Crippen LogP contribution >= 0.6 is 0 Å². The molecule has 1 aromatic rings. The standard InChI is InChI=1S/C23H28N2O5/c1-14-12-18-20(19(14)22(28)30-11-5-10-24-15(2)26)16(13-25(4)21(18)27)8-9-23(3,29)17-6-7-17/h13,17,29H,5-7,10-12H2,1-4H3,(H,24,26). The molecule has 1 unspecified atom stereocenters. The molecule has 2 N–H and O–H groups in total.